The Morgan fingerprint density at radius 3 is 2.41 bits per heavy atom. The lowest BCUT2D eigenvalue weighted by Gasteiger charge is -2.26. The number of carbonyl (C=O) groups is 2. The van der Waals surface area contributed by atoms with E-state index in [1.807, 2.05) is 0 Å². The van der Waals surface area contributed by atoms with Crippen molar-refractivity contribution in [2.75, 3.05) is 5.32 Å². The lowest BCUT2D eigenvalue weighted by Crippen LogP contribution is -2.35. The van der Waals surface area contributed by atoms with Gasteiger partial charge in [0.25, 0.3) is 0 Å². The number of nitrogens with one attached hydrogen (secondary N) is 1. The number of benzene rings is 1. The van der Waals surface area contributed by atoms with Gasteiger partial charge in [-0.15, -0.1) is 0 Å². The van der Waals surface area contributed by atoms with Crippen molar-refractivity contribution in [2.45, 2.75) is 39.3 Å². The molecule has 0 unspecified atom stereocenters. The Labute approximate surface area is 126 Å². The zero-order chi connectivity index (χ0) is 17.0. The second-order valence-corrected chi connectivity index (χ2v) is 5.70. The number of aliphatic carboxylic acids is 1. The van der Waals surface area contributed by atoms with Crippen LogP contribution in [0.1, 0.15) is 32.3 Å². The molecule has 122 valence electrons. The average molecular weight is 317 g/mol. The maximum Gasteiger partial charge on any atom is 0.394 e. The van der Waals surface area contributed by atoms with Crippen LogP contribution in [-0.4, -0.2) is 23.2 Å². The van der Waals surface area contributed by atoms with Crippen molar-refractivity contribution in [3.8, 4) is 0 Å². The molecule has 1 rings (SSSR count). The molecule has 0 saturated heterocycles. The summed E-state index contributed by atoms with van der Waals surface area (Å²) < 4.78 is 38.2. The molecule has 4 nitrogen and oxygen atoms in total. The number of aryl methyl sites for hydroxylation is 1. The molecule has 2 N–H and O–H groups in total. The van der Waals surface area contributed by atoms with Crippen molar-refractivity contribution in [2.24, 2.45) is 5.41 Å². The number of rotatable bonds is 6. The van der Waals surface area contributed by atoms with E-state index in [4.69, 9.17) is 5.11 Å². The summed E-state index contributed by atoms with van der Waals surface area (Å²) in [7, 11) is 0. The normalized spacial score (nSPS) is 12.0. The van der Waals surface area contributed by atoms with Gasteiger partial charge in [-0.25, -0.2) is 0 Å². The number of halogens is 3. The summed E-state index contributed by atoms with van der Waals surface area (Å²) in [5.74, 6) is -1.68. The summed E-state index contributed by atoms with van der Waals surface area (Å²) in [5.41, 5.74) is -1.07. The first kappa shape index (κ1) is 18.0. The Morgan fingerprint density at radius 1 is 1.23 bits per heavy atom. The number of carbonyl (C=O) groups excluding carboxylic acids is 1. The van der Waals surface area contributed by atoms with Gasteiger partial charge in [0.05, 0.1) is 5.41 Å². The van der Waals surface area contributed by atoms with Gasteiger partial charge >= 0.3 is 12.1 Å². The maximum atomic E-state index is 12.7. The minimum atomic E-state index is -4.46. The highest BCUT2D eigenvalue weighted by atomic mass is 19.4. The van der Waals surface area contributed by atoms with Crippen LogP contribution in [-0.2, 0) is 16.0 Å². The highest BCUT2D eigenvalue weighted by Crippen LogP contribution is 2.40. The molecule has 0 bridgehead atoms. The molecule has 0 aliphatic heterocycles. The van der Waals surface area contributed by atoms with Gasteiger partial charge in [-0.3, -0.25) is 9.59 Å². The van der Waals surface area contributed by atoms with E-state index in [-0.39, 0.29) is 12.8 Å². The summed E-state index contributed by atoms with van der Waals surface area (Å²) in [4.78, 5) is 22.3. The summed E-state index contributed by atoms with van der Waals surface area (Å²) in [6.45, 7) is 1.94. The third-order valence-corrected chi connectivity index (χ3v) is 3.21. The minimum absolute atomic E-state index is 0.0570. The lowest BCUT2D eigenvalue weighted by atomic mass is 9.88. The topological polar surface area (TPSA) is 66.4 Å². The van der Waals surface area contributed by atoms with Crippen LogP contribution in [0, 0.1) is 5.41 Å². The number of alkyl halides is 3. The van der Waals surface area contributed by atoms with Crippen molar-refractivity contribution >= 4 is 17.6 Å². The molecule has 0 radical (unpaired) electrons. The second kappa shape index (κ2) is 6.81. The van der Waals surface area contributed by atoms with Crippen LogP contribution < -0.4 is 5.32 Å². The van der Waals surface area contributed by atoms with Crippen LogP contribution in [0.15, 0.2) is 24.3 Å². The molecule has 0 spiro atoms. The van der Waals surface area contributed by atoms with E-state index in [1.165, 1.54) is 0 Å². The van der Waals surface area contributed by atoms with Crippen molar-refractivity contribution < 1.29 is 27.9 Å². The Morgan fingerprint density at radius 2 is 1.86 bits per heavy atom. The highest BCUT2D eigenvalue weighted by Gasteiger charge is 2.48. The van der Waals surface area contributed by atoms with Gasteiger partial charge in [0, 0.05) is 18.5 Å². The van der Waals surface area contributed by atoms with Crippen LogP contribution in [0.4, 0.5) is 18.9 Å². The molecule has 1 aromatic rings. The standard InChI is InChI=1S/C15H18F3NO3/c1-14(2,15(16,17)18)9-12(20)19-11-5-3-4-10(8-11)6-7-13(21)22/h3-5,8H,6-7,9H2,1-2H3,(H,19,20)(H,21,22). The molecule has 0 fully saturated rings. The van der Waals surface area contributed by atoms with E-state index in [2.05, 4.69) is 5.32 Å². The zero-order valence-corrected chi connectivity index (χ0v) is 12.3. The molecule has 1 amide bonds. The number of amides is 1. The highest BCUT2D eigenvalue weighted by molar-refractivity contribution is 5.91. The molecule has 0 heterocycles. The van der Waals surface area contributed by atoms with Crippen LogP contribution in [0.2, 0.25) is 0 Å². The summed E-state index contributed by atoms with van der Waals surface area (Å²) in [5, 5.41) is 11.0. The summed E-state index contributed by atoms with van der Waals surface area (Å²) in [6, 6.07) is 6.41. The third kappa shape index (κ3) is 5.38. The maximum absolute atomic E-state index is 12.7. The molecule has 0 aliphatic rings. The van der Waals surface area contributed by atoms with Gasteiger partial charge < -0.3 is 10.4 Å². The SMILES string of the molecule is CC(C)(CC(=O)Nc1cccc(CCC(=O)O)c1)C(F)(F)F. The van der Waals surface area contributed by atoms with Crippen LogP contribution in [0.5, 0.6) is 0 Å². The van der Waals surface area contributed by atoms with E-state index >= 15 is 0 Å². The summed E-state index contributed by atoms with van der Waals surface area (Å²) >= 11 is 0. The first-order valence-corrected chi connectivity index (χ1v) is 6.68. The van der Waals surface area contributed by atoms with Gasteiger partial charge in [-0.1, -0.05) is 26.0 Å². The largest absolute Gasteiger partial charge is 0.481 e. The molecular formula is C15H18F3NO3. The molecule has 0 aliphatic carbocycles. The number of hydrogen-bond donors (Lipinski definition) is 2. The van der Waals surface area contributed by atoms with Crippen LogP contribution in [0.3, 0.4) is 0 Å². The number of carboxylic acid groups (broad SMARTS) is 1. The fourth-order valence-corrected chi connectivity index (χ4v) is 1.76. The van der Waals surface area contributed by atoms with Crippen LogP contribution in [0.25, 0.3) is 0 Å². The molecule has 0 saturated carbocycles. The molecule has 7 heteroatoms. The lowest BCUT2D eigenvalue weighted by molar-refractivity contribution is -0.213. The van der Waals surface area contributed by atoms with E-state index in [9.17, 15) is 22.8 Å². The first-order valence-electron chi connectivity index (χ1n) is 6.68. The number of hydrogen-bond acceptors (Lipinski definition) is 2. The van der Waals surface area contributed by atoms with Gasteiger partial charge in [0.15, 0.2) is 0 Å². The van der Waals surface area contributed by atoms with E-state index in [1.54, 1.807) is 24.3 Å². The van der Waals surface area contributed by atoms with Gasteiger partial charge in [-0.05, 0) is 24.1 Å². The fourth-order valence-electron chi connectivity index (χ4n) is 1.76. The predicted octanol–water partition coefficient (Wildman–Crippen LogP) is 3.62. The predicted molar refractivity (Wildman–Crippen MR) is 75.5 cm³/mol. The van der Waals surface area contributed by atoms with Gasteiger partial charge in [0.2, 0.25) is 5.91 Å². The number of anilines is 1. The van der Waals surface area contributed by atoms with Crippen LogP contribution >= 0.6 is 0 Å². The molecule has 1 aromatic carbocycles. The minimum Gasteiger partial charge on any atom is -0.481 e. The van der Waals surface area contributed by atoms with Gasteiger partial charge in [-0.2, -0.15) is 13.2 Å². The molecule has 22 heavy (non-hydrogen) atoms. The Bertz CT molecular complexity index is 553. The fraction of sp³-hybridized carbons (Fsp3) is 0.467. The molecule has 0 aromatic heterocycles. The Hall–Kier alpha value is -2.05. The van der Waals surface area contributed by atoms with Gasteiger partial charge in [0.1, 0.15) is 0 Å². The third-order valence-electron chi connectivity index (χ3n) is 3.21. The van der Waals surface area contributed by atoms with Crippen molar-refractivity contribution in [3.05, 3.63) is 29.8 Å². The Kier molecular flexibility index (Phi) is 5.57. The summed E-state index contributed by atoms with van der Waals surface area (Å²) in [6.07, 6.45) is -4.92. The van der Waals surface area contributed by atoms with Crippen molar-refractivity contribution in [1.82, 2.24) is 0 Å². The molecule has 0 atom stereocenters. The average Bonchev–Trinajstić information content (AvgIpc) is 2.34. The first-order chi connectivity index (χ1) is 10.0. The smallest absolute Gasteiger partial charge is 0.394 e. The van der Waals surface area contributed by atoms with Crippen molar-refractivity contribution in [3.63, 3.8) is 0 Å². The number of carboxylic acids is 1. The van der Waals surface area contributed by atoms with E-state index in [0.29, 0.717) is 11.3 Å². The van der Waals surface area contributed by atoms with Crippen molar-refractivity contribution in [1.29, 1.82) is 0 Å². The van der Waals surface area contributed by atoms with E-state index < -0.39 is 29.9 Å². The molecular weight excluding hydrogens is 299 g/mol. The monoisotopic (exact) mass is 317 g/mol. The zero-order valence-electron chi connectivity index (χ0n) is 12.3. The quantitative estimate of drug-likeness (QED) is 0.842. The van der Waals surface area contributed by atoms with E-state index in [0.717, 1.165) is 13.8 Å². The Balaban J connectivity index is 2.69. The second-order valence-electron chi connectivity index (χ2n) is 5.70.